The summed E-state index contributed by atoms with van der Waals surface area (Å²) in [5.74, 6) is -0.710. The Morgan fingerprint density at radius 1 is 1.33 bits per heavy atom. The van der Waals surface area contributed by atoms with Gasteiger partial charge in [-0.15, -0.1) is 0 Å². The summed E-state index contributed by atoms with van der Waals surface area (Å²) in [6.45, 7) is 4.09. The number of hydrogen-bond donors (Lipinski definition) is 1. The molecule has 0 amide bonds. The Morgan fingerprint density at radius 2 is 2.00 bits per heavy atom. The van der Waals surface area contributed by atoms with Gasteiger partial charge in [-0.25, -0.2) is 4.79 Å². The number of carboxylic acid groups (broad SMARTS) is 1. The zero-order valence-electron chi connectivity index (χ0n) is 13.7. The minimum absolute atomic E-state index is 0.241. The van der Waals surface area contributed by atoms with Gasteiger partial charge in [0.05, 0.1) is 12.1 Å². The number of carboxylic acids is 1. The lowest BCUT2D eigenvalue weighted by Gasteiger charge is -2.25. The summed E-state index contributed by atoms with van der Waals surface area (Å²) in [6.07, 6.45) is -3.26. The summed E-state index contributed by atoms with van der Waals surface area (Å²) < 4.78 is 37.6. The number of halogens is 3. The fourth-order valence-corrected chi connectivity index (χ4v) is 3.14. The molecule has 0 radical (unpaired) electrons. The third-order valence-corrected chi connectivity index (χ3v) is 4.34. The van der Waals surface area contributed by atoms with Crippen LogP contribution in [0.15, 0.2) is 24.3 Å². The second kappa shape index (κ2) is 7.98. The van der Waals surface area contributed by atoms with E-state index in [2.05, 4.69) is 4.90 Å². The van der Waals surface area contributed by atoms with E-state index in [0.717, 1.165) is 25.1 Å². The van der Waals surface area contributed by atoms with Crippen LogP contribution in [0.25, 0.3) is 0 Å². The van der Waals surface area contributed by atoms with E-state index in [-0.39, 0.29) is 11.5 Å². The second-order valence-corrected chi connectivity index (χ2v) is 6.33. The van der Waals surface area contributed by atoms with Gasteiger partial charge < -0.3 is 5.11 Å². The number of rotatable bonds is 7. The van der Waals surface area contributed by atoms with Gasteiger partial charge in [0.2, 0.25) is 0 Å². The molecule has 24 heavy (non-hydrogen) atoms. The first-order valence-electron chi connectivity index (χ1n) is 8.10. The lowest BCUT2D eigenvalue weighted by molar-refractivity contribution is -0.146. The van der Waals surface area contributed by atoms with Crippen molar-refractivity contribution >= 4 is 5.97 Å². The van der Waals surface area contributed by atoms with Crippen molar-refractivity contribution in [3.05, 3.63) is 35.4 Å². The smallest absolute Gasteiger partial charge is 0.401 e. The number of carbonyl (C=O) groups is 1. The Kier molecular flexibility index (Phi) is 6.23. The maximum Gasteiger partial charge on any atom is 0.401 e. The quantitative estimate of drug-likeness (QED) is 0.826. The first-order valence-corrected chi connectivity index (χ1v) is 8.10. The van der Waals surface area contributed by atoms with E-state index in [4.69, 9.17) is 5.11 Å². The van der Waals surface area contributed by atoms with Gasteiger partial charge in [-0.1, -0.05) is 19.1 Å². The molecule has 0 aliphatic carbocycles. The highest BCUT2D eigenvalue weighted by Gasteiger charge is 2.32. The maximum atomic E-state index is 12.5. The van der Waals surface area contributed by atoms with E-state index < -0.39 is 18.7 Å². The molecule has 0 bridgehead atoms. The second-order valence-electron chi connectivity index (χ2n) is 6.33. The molecular weight excluding hydrogens is 321 g/mol. The van der Waals surface area contributed by atoms with Crippen molar-refractivity contribution in [1.29, 1.82) is 0 Å². The monoisotopic (exact) mass is 344 g/mol. The fraction of sp³-hybridized carbons (Fsp3) is 0.588. The summed E-state index contributed by atoms with van der Waals surface area (Å²) in [5, 5.41) is 8.89. The van der Waals surface area contributed by atoms with Crippen molar-refractivity contribution in [1.82, 2.24) is 9.80 Å². The van der Waals surface area contributed by atoms with Crippen molar-refractivity contribution in [2.75, 3.05) is 32.7 Å². The molecule has 0 spiro atoms. The van der Waals surface area contributed by atoms with Crippen molar-refractivity contribution in [2.24, 2.45) is 5.92 Å². The summed E-state index contributed by atoms with van der Waals surface area (Å²) in [6, 6.07) is 6.73. The first kappa shape index (κ1) is 18.7. The molecule has 1 aliphatic rings. The van der Waals surface area contributed by atoms with Crippen molar-refractivity contribution in [2.45, 2.75) is 26.1 Å². The molecule has 1 fully saturated rings. The summed E-state index contributed by atoms with van der Waals surface area (Å²) >= 11 is 0. The van der Waals surface area contributed by atoms with Crippen molar-refractivity contribution < 1.29 is 23.1 Å². The highest BCUT2D eigenvalue weighted by molar-refractivity contribution is 5.87. The lowest BCUT2D eigenvalue weighted by Crippen LogP contribution is -2.38. The van der Waals surface area contributed by atoms with E-state index in [1.54, 1.807) is 31.2 Å². The van der Waals surface area contributed by atoms with Crippen LogP contribution in [0, 0.1) is 5.92 Å². The Morgan fingerprint density at radius 3 is 2.54 bits per heavy atom. The summed E-state index contributed by atoms with van der Waals surface area (Å²) in [4.78, 5) is 14.5. The van der Waals surface area contributed by atoms with Gasteiger partial charge in [-0.3, -0.25) is 9.80 Å². The molecule has 7 heteroatoms. The average Bonchev–Trinajstić information content (AvgIpc) is 2.92. The van der Waals surface area contributed by atoms with Gasteiger partial charge in [0.1, 0.15) is 0 Å². The van der Waals surface area contributed by atoms with Crippen LogP contribution in [0.1, 0.15) is 29.3 Å². The zero-order chi connectivity index (χ0) is 17.7. The van der Waals surface area contributed by atoms with E-state index in [1.807, 2.05) is 0 Å². The Labute approximate surface area is 139 Å². The molecule has 1 aromatic rings. The van der Waals surface area contributed by atoms with Gasteiger partial charge >= 0.3 is 12.1 Å². The van der Waals surface area contributed by atoms with Crippen LogP contribution in [0.5, 0.6) is 0 Å². The maximum absolute atomic E-state index is 12.5. The molecule has 1 saturated heterocycles. The predicted molar refractivity (Wildman–Crippen MR) is 85.0 cm³/mol. The van der Waals surface area contributed by atoms with Gasteiger partial charge in [-0.05, 0) is 43.1 Å². The third-order valence-electron chi connectivity index (χ3n) is 4.34. The number of likely N-dealkylation sites (tertiary alicyclic amines) is 1. The number of alkyl halides is 3. The Hall–Kier alpha value is -1.60. The van der Waals surface area contributed by atoms with Gasteiger partial charge in [0, 0.05) is 19.6 Å². The molecule has 1 atom stereocenters. The predicted octanol–water partition coefficient (Wildman–Crippen LogP) is 3.09. The summed E-state index contributed by atoms with van der Waals surface area (Å²) in [5.41, 5.74) is 1.27. The van der Waals surface area contributed by atoms with Gasteiger partial charge in [0.15, 0.2) is 0 Å². The molecule has 0 saturated carbocycles. The molecular formula is C17H23F3N2O2. The first-order chi connectivity index (χ1) is 11.3. The highest BCUT2D eigenvalue weighted by atomic mass is 19.4. The van der Waals surface area contributed by atoms with E-state index in [1.165, 1.54) is 4.90 Å². The molecule has 1 aromatic carbocycles. The van der Waals surface area contributed by atoms with Gasteiger partial charge in [-0.2, -0.15) is 13.2 Å². The molecule has 1 aliphatic heterocycles. The topological polar surface area (TPSA) is 43.8 Å². The third kappa shape index (κ3) is 5.79. The van der Waals surface area contributed by atoms with Crippen LogP contribution in [-0.4, -0.2) is 59.8 Å². The fourth-order valence-electron chi connectivity index (χ4n) is 3.14. The average molecular weight is 344 g/mol. The largest absolute Gasteiger partial charge is 0.478 e. The normalized spacial score (nSPS) is 19.1. The zero-order valence-corrected chi connectivity index (χ0v) is 13.7. The van der Waals surface area contributed by atoms with Crippen LogP contribution in [0.3, 0.4) is 0 Å². The van der Waals surface area contributed by atoms with Crippen LogP contribution in [0.2, 0.25) is 0 Å². The Bertz CT molecular complexity index is 546. The van der Waals surface area contributed by atoms with E-state index in [9.17, 15) is 18.0 Å². The van der Waals surface area contributed by atoms with Crippen LogP contribution in [0.4, 0.5) is 13.2 Å². The molecule has 2 rings (SSSR count). The molecule has 4 nitrogen and oxygen atoms in total. The Balaban J connectivity index is 1.83. The molecule has 1 N–H and O–H groups in total. The standard InChI is InChI=1S/C17H23F3N2O2/c1-2-21(12-17(18,19)20)10-14-7-8-22(11-14)9-13-3-5-15(6-4-13)16(23)24/h3-6,14H,2,7-12H2,1H3,(H,23,24). The number of nitrogens with zero attached hydrogens (tertiary/aromatic N) is 2. The van der Waals surface area contributed by atoms with Crippen molar-refractivity contribution in [3.8, 4) is 0 Å². The van der Waals surface area contributed by atoms with Crippen LogP contribution in [-0.2, 0) is 6.54 Å². The minimum Gasteiger partial charge on any atom is -0.478 e. The molecule has 1 heterocycles. The number of hydrogen-bond acceptors (Lipinski definition) is 3. The number of aromatic carboxylic acids is 1. The molecule has 0 aromatic heterocycles. The van der Waals surface area contributed by atoms with E-state index in [0.29, 0.717) is 19.6 Å². The molecule has 134 valence electrons. The van der Waals surface area contributed by atoms with Gasteiger partial charge in [0.25, 0.3) is 0 Å². The highest BCUT2D eigenvalue weighted by Crippen LogP contribution is 2.22. The lowest BCUT2D eigenvalue weighted by atomic mass is 10.1. The molecule has 1 unspecified atom stereocenters. The van der Waals surface area contributed by atoms with E-state index >= 15 is 0 Å². The SMILES string of the molecule is CCN(CC1CCN(Cc2ccc(C(=O)O)cc2)C1)CC(F)(F)F. The van der Waals surface area contributed by atoms with Crippen LogP contribution < -0.4 is 0 Å². The van der Waals surface area contributed by atoms with Crippen molar-refractivity contribution in [3.63, 3.8) is 0 Å². The van der Waals surface area contributed by atoms with Crippen LogP contribution >= 0.6 is 0 Å². The summed E-state index contributed by atoms with van der Waals surface area (Å²) in [7, 11) is 0. The number of benzene rings is 1. The minimum atomic E-state index is -4.15.